The van der Waals surface area contributed by atoms with Crippen molar-refractivity contribution in [2.24, 2.45) is 0 Å². The van der Waals surface area contributed by atoms with E-state index in [0.29, 0.717) is 17.2 Å². The molecule has 0 bridgehead atoms. The molecule has 0 atom stereocenters. The van der Waals surface area contributed by atoms with Gasteiger partial charge in [0.25, 0.3) is 0 Å². The topological polar surface area (TPSA) is 37.8 Å². The lowest BCUT2D eigenvalue weighted by atomic mass is 10.1. The van der Waals surface area contributed by atoms with Crippen molar-refractivity contribution in [3.05, 3.63) is 83.0 Å². The van der Waals surface area contributed by atoms with Crippen LogP contribution in [0.1, 0.15) is 61.4 Å². The summed E-state index contributed by atoms with van der Waals surface area (Å²) in [6, 6.07) is 7.37. The van der Waals surface area contributed by atoms with E-state index in [2.05, 4.69) is 34.9 Å². The molecule has 0 radical (unpaired) electrons. The fourth-order valence-electron chi connectivity index (χ4n) is 3.12. The average Bonchev–Trinajstić information content (AvgIpc) is 3.11. The maximum atomic E-state index is 13.2. The van der Waals surface area contributed by atoms with Crippen molar-refractivity contribution in [2.45, 2.75) is 45.8 Å². The largest absolute Gasteiger partial charge is 0.416 e. The predicted molar refractivity (Wildman–Crippen MR) is 110 cm³/mol. The van der Waals surface area contributed by atoms with Crippen molar-refractivity contribution < 1.29 is 13.2 Å². The second-order valence-electron chi connectivity index (χ2n) is 7.52. The molecule has 3 rings (SSSR count). The third kappa shape index (κ3) is 4.94. The Balaban J connectivity index is 1.84. The van der Waals surface area contributed by atoms with Crippen LogP contribution in [0.5, 0.6) is 0 Å². The van der Waals surface area contributed by atoms with Gasteiger partial charge in [-0.05, 0) is 36.6 Å². The Morgan fingerprint density at radius 3 is 2.52 bits per heavy atom. The Morgan fingerprint density at radius 2 is 1.90 bits per heavy atom. The Labute approximate surface area is 169 Å². The van der Waals surface area contributed by atoms with Crippen LogP contribution in [0.2, 0.25) is 0 Å². The Bertz CT molecular complexity index is 985. The number of hydrogen-bond donors (Lipinski definition) is 1. The molecule has 0 amide bonds. The Morgan fingerprint density at radius 1 is 1.17 bits per heavy atom. The minimum atomic E-state index is -4.40. The van der Waals surface area contributed by atoms with Crippen LogP contribution in [0.15, 0.2) is 54.6 Å². The van der Waals surface area contributed by atoms with Gasteiger partial charge in [0.2, 0.25) is 0 Å². The van der Waals surface area contributed by atoms with E-state index in [1.807, 2.05) is 26.0 Å². The molecule has 0 spiro atoms. The summed E-state index contributed by atoms with van der Waals surface area (Å²) in [4.78, 5) is 9.23. The summed E-state index contributed by atoms with van der Waals surface area (Å²) >= 11 is 0. The summed E-state index contributed by atoms with van der Waals surface area (Å²) in [7, 11) is 0. The molecular formula is C23H24F3N3. The van der Waals surface area contributed by atoms with Crippen molar-refractivity contribution in [1.29, 1.82) is 0 Å². The van der Waals surface area contributed by atoms with E-state index >= 15 is 0 Å². The smallest absolute Gasteiger partial charge is 0.380 e. The highest BCUT2D eigenvalue weighted by atomic mass is 19.4. The zero-order valence-electron chi connectivity index (χ0n) is 16.8. The van der Waals surface area contributed by atoms with Crippen LogP contribution in [-0.4, -0.2) is 9.97 Å². The van der Waals surface area contributed by atoms with Crippen molar-refractivity contribution >= 4 is 11.3 Å². The highest BCUT2D eigenvalue weighted by Gasteiger charge is 2.32. The molecule has 2 aromatic rings. The molecule has 6 heteroatoms. The molecule has 29 heavy (non-hydrogen) atoms. The summed E-state index contributed by atoms with van der Waals surface area (Å²) in [5.41, 5.74) is 3.76. The molecule has 1 aromatic carbocycles. The Kier molecular flexibility index (Phi) is 5.91. The molecule has 1 heterocycles. The van der Waals surface area contributed by atoms with Gasteiger partial charge in [-0.1, -0.05) is 56.4 Å². The highest BCUT2D eigenvalue weighted by molar-refractivity contribution is 5.72. The molecule has 0 saturated carbocycles. The van der Waals surface area contributed by atoms with Crippen LogP contribution >= 0.6 is 0 Å². The van der Waals surface area contributed by atoms with Crippen LogP contribution in [0.3, 0.4) is 0 Å². The van der Waals surface area contributed by atoms with Gasteiger partial charge in [-0.3, -0.25) is 0 Å². The molecule has 1 N–H and O–H groups in total. The van der Waals surface area contributed by atoms with Gasteiger partial charge in [0.15, 0.2) is 0 Å². The van der Waals surface area contributed by atoms with Gasteiger partial charge in [-0.25, -0.2) is 9.97 Å². The molecule has 1 aliphatic rings. The van der Waals surface area contributed by atoms with Gasteiger partial charge < -0.3 is 5.32 Å². The molecular weight excluding hydrogens is 375 g/mol. The Hall–Kier alpha value is -2.89. The van der Waals surface area contributed by atoms with E-state index in [1.165, 1.54) is 17.7 Å². The van der Waals surface area contributed by atoms with Crippen molar-refractivity contribution in [3.8, 4) is 0 Å². The number of allylic oxidation sites excluding steroid dienone is 4. The predicted octanol–water partition coefficient (Wildman–Crippen LogP) is 6.11. The summed E-state index contributed by atoms with van der Waals surface area (Å²) in [6.45, 7) is 10.1. The summed E-state index contributed by atoms with van der Waals surface area (Å²) < 4.78 is 39.6. The molecule has 1 aliphatic carbocycles. The van der Waals surface area contributed by atoms with E-state index in [0.717, 1.165) is 23.8 Å². The maximum Gasteiger partial charge on any atom is 0.416 e. The van der Waals surface area contributed by atoms with Crippen molar-refractivity contribution in [3.63, 3.8) is 0 Å². The average molecular weight is 399 g/mol. The summed E-state index contributed by atoms with van der Waals surface area (Å²) in [5, 5.41) is 3.00. The molecule has 3 nitrogen and oxygen atoms in total. The van der Waals surface area contributed by atoms with Gasteiger partial charge in [0, 0.05) is 12.5 Å². The van der Waals surface area contributed by atoms with Crippen molar-refractivity contribution in [2.75, 3.05) is 0 Å². The lowest BCUT2D eigenvalue weighted by molar-refractivity contribution is -0.138. The SMILES string of the molecule is C=C(NCc1ccccc1C(F)(F)F)c1cc(C2=CC=C(C)C2)nc(C(C)C)n1. The van der Waals surface area contributed by atoms with Gasteiger partial charge in [-0.2, -0.15) is 13.2 Å². The van der Waals surface area contributed by atoms with Gasteiger partial charge in [0.05, 0.1) is 22.6 Å². The van der Waals surface area contributed by atoms with E-state index < -0.39 is 11.7 Å². The monoisotopic (exact) mass is 399 g/mol. The summed E-state index contributed by atoms with van der Waals surface area (Å²) in [6.07, 6.45) is 0.536. The lowest BCUT2D eigenvalue weighted by Gasteiger charge is -2.16. The van der Waals surface area contributed by atoms with Gasteiger partial charge in [-0.15, -0.1) is 0 Å². The molecule has 152 valence electrons. The van der Waals surface area contributed by atoms with E-state index in [-0.39, 0.29) is 18.0 Å². The number of nitrogens with zero attached hydrogens (tertiary/aromatic N) is 2. The number of aromatic nitrogens is 2. The fraction of sp³-hybridized carbons (Fsp3) is 0.304. The number of halogens is 3. The molecule has 0 fully saturated rings. The van der Waals surface area contributed by atoms with Crippen LogP contribution in [0.4, 0.5) is 13.2 Å². The molecule has 0 saturated heterocycles. The first kappa shape index (κ1) is 20.8. The number of alkyl halides is 3. The zero-order chi connectivity index (χ0) is 21.2. The number of rotatable bonds is 6. The first-order chi connectivity index (χ1) is 13.6. The third-order valence-electron chi connectivity index (χ3n) is 4.75. The van der Waals surface area contributed by atoms with E-state index in [9.17, 15) is 13.2 Å². The van der Waals surface area contributed by atoms with Crippen LogP contribution in [-0.2, 0) is 12.7 Å². The minimum absolute atomic E-state index is 0.00816. The molecule has 0 aliphatic heterocycles. The number of benzene rings is 1. The van der Waals surface area contributed by atoms with Crippen LogP contribution < -0.4 is 5.32 Å². The molecule has 0 unspecified atom stereocenters. The second-order valence-corrected chi connectivity index (χ2v) is 7.52. The molecule has 1 aromatic heterocycles. The minimum Gasteiger partial charge on any atom is -0.380 e. The van der Waals surface area contributed by atoms with E-state index in [4.69, 9.17) is 0 Å². The fourth-order valence-corrected chi connectivity index (χ4v) is 3.12. The third-order valence-corrected chi connectivity index (χ3v) is 4.75. The first-order valence-electron chi connectivity index (χ1n) is 9.49. The van der Waals surface area contributed by atoms with Crippen molar-refractivity contribution in [1.82, 2.24) is 15.3 Å². The zero-order valence-corrected chi connectivity index (χ0v) is 16.8. The second kappa shape index (κ2) is 8.23. The van der Waals surface area contributed by atoms with Crippen LogP contribution in [0, 0.1) is 0 Å². The van der Waals surface area contributed by atoms with Gasteiger partial charge >= 0.3 is 6.18 Å². The van der Waals surface area contributed by atoms with Crippen LogP contribution in [0.25, 0.3) is 11.3 Å². The summed E-state index contributed by atoms with van der Waals surface area (Å²) in [5.74, 6) is 0.796. The van der Waals surface area contributed by atoms with Gasteiger partial charge in [0.1, 0.15) is 5.82 Å². The standard InChI is InChI=1S/C23H24F3N3/c1-14(2)22-28-20(12-21(29-22)17-10-9-15(3)11-17)16(4)27-13-18-7-5-6-8-19(18)23(24,25)26/h5-10,12,14,27H,4,11,13H2,1-3H3. The van der Waals surface area contributed by atoms with E-state index in [1.54, 1.807) is 6.07 Å². The quantitative estimate of drug-likeness (QED) is 0.637. The lowest BCUT2D eigenvalue weighted by Crippen LogP contribution is -2.17. The number of hydrogen-bond acceptors (Lipinski definition) is 3. The first-order valence-corrected chi connectivity index (χ1v) is 9.49. The highest BCUT2D eigenvalue weighted by Crippen LogP contribution is 2.32. The maximum absolute atomic E-state index is 13.2. The normalized spacial score (nSPS) is 14.0. The number of nitrogens with one attached hydrogen (secondary N) is 1.